The predicted molar refractivity (Wildman–Crippen MR) is 82.0 cm³/mol. The Bertz CT molecular complexity index is 432. The number of anilines is 1. The second kappa shape index (κ2) is 4.82. The van der Waals surface area contributed by atoms with Gasteiger partial charge >= 0.3 is 0 Å². The Kier molecular flexibility index (Phi) is 3.65. The molecule has 0 amide bonds. The molecule has 0 spiro atoms. The van der Waals surface area contributed by atoms with Gasteiger partial charge in [-0.3, -0.25) is 0 Å². The summed E-state index contributed by atoms with van der Waals surface area (Å²) in [7, 11) is 0. The smallest absolute Gasteiger partial charge is 0.0808 e. The largest absolute Gasteiger partial charge is 0.366 e. The van der Waals surface area contributed by atoms with E-state index in [-0.39, 0.29) is 11.2 Å². The molecule has 1 aliphatic heterocycles. The lowest BCUT2D eigenvalue weighted by molar-refractivity contribution is -0.133. The highest BCUT2D eigenvalue weighted by Gasteiger charge is 2.38. The first-order chi connectivity index (χ1) is 8.69. The van der Waals surface area contributed by atoms with Crippen molar-refractivity contribution >= 4 is 5.69 Å². The second-order valence-corrected chi connectivity index (χ2v) is 7.23. The van der Waals surface area contributed by atoms with Crippen LogP contribution in [-0.2, 0) is 4.74 Å². The van der Waals surface area contributed by atoms with Crippen LogP contribution < -0.4 is 4.90 Å². The minimum atomic E-state index is -0.102. The molecule has 0 unspecified atom stereocenters. The van der Waals surface area contributed by atoms with Gasteiger partial charge in [0, 0.05) is 18.8 Å². The normalized spacial score (nSPS) is 21.7. The average molecular weight is 261 g/mol. The Labute approximate surface area is 117 Å². The first kappa shape index (κ1) is 14.4. The van der Waals surface area contributed by atoms with Gasteiger partial charge in [-0.25, -0.2) is 0 Å². The number of rotatable bonds is 2. The van der Waals surface area contributed by atoms with Gasteiger partial charge in [0.15, 0.2) is 0 Å². The highest BCUT2D eigenvalue weighted by atomic mass is 16.5. The van der Waals surface area contributed by atoms with Crippen molar-refractivity contribution in [3.63, 3.8) is 0 Å². The van der Waals surface area contributed by atoms with E-state index in [1.54, 1.807) is 0 Å². The molecule has 1 aromatic rings. The fraction of sp³-hybridized carbons (Fsp3) is 0.647. The highest BCUT2D eigenvalue weighted by molar-refractivity contribution is 5.50. The van der Waals surface area contributed by atoms with E-state index in [4.69, 9.17) is 4.74 Å². The van der Waals surface area contributed by atoms with Crippen molar-refractivity contribution < 1.29 is 4.74 Å². The summed E-state index contributed by atoms with van der Waals surface area (Å²) in [4.78, 5) is 2.45. The summed E-state index contributed by atoms with van der Waals surface area (Å²) in [6, 6.07) is 8.91. The highest BCUT2D eigenvalue weighted by Crippen LogP contribution is 2.32. The lowest BCUT2D eigenvalue weighted by atomic mass is 9.97. The Balaban J connectivity index is 2.28. The van der Waals surface area contributed by atoms with Crippen molar-refractivity contribution in [2.45, 2.75) is 58.7 Å². The maximum atomic E-state index is 6.15. The van der Waals surface area contributed by atoms with Gasteiger partial charge < -0.3 is 9.64 Å². The third kappa shape index (κ3) is 3.50. The van der Waals surface area contributed by atoms with Gasteiger partial charge in [0.05, 0.1) is 11.2 Å². The molecular formula is C17H27NO. The number of morpholine rings is 1. The van der Waals surface area contributed by atoms with Gasteiger partial charge in [0.1, 0.15) is 0 Å². The number of hydrogen-bond donors (Lipinski definition) is 0. The number of hydrogen-bond acceptors (Lipinski definition) is 2. The molecule has 2 rings (SSSR count). The molecule has 0 aromatic heterocycles. The van der Waals surface area contributed by atoms with Crippen LogP contribution in [0, 0.1) is 0 Å². The van der Waals surface area contributed by atoms with Crippen LogP contribution in [0.2, 0.25) is 0 Å². The number of benzene rings is 1. The quantitative estimate of drug-likeness (QED) is 0.791. The Hall–Kier alpha value is -1.02. The van der Waals surface area contributed by atoms with Gasteiger partial charge in [-0.1, -0.05) is 26.0 Å². The molecule has 0 atom stereocenters. The molecular weight excluding hydrogens is 234 g/mol. The Morgan fingerprint density at radius 1 is 1.05 bits per heavy atom. The summed E-state index contributed by atoms with van der Waals surface area (Å²) in [6.45, 7) is 15.1. The standard InChI is InChI=1S/C17H27NO/c1-13(2)14-8-7-9-15(10-14)18-11-16(3,4)19-17(5,6)12-18/h7-10,13H,11-12H2,1-6H3. The molecule has 0 bridgehead atoms. The SMILES string of the molecule is CC(C)c1cccc(N2CC(C)(C)OC(C)(C)C2)c1. The number of nitrogens with zero attached hydrogens (tertiary/aromatic N) is 1. The zero-order chi connectivity index (χ0) is 14.3. The van der Waals surface area contributed by atoms with E-state index >= 15 is 0 Å². The van der Waals surface area contributed by atoms with Crippen LogP contribution in [0.5, 0.6) is 0 Å². The van der Waals surface area contributed by atoms with Gasteiger partial charge in [-0.2, -0.15) is 0 Å². The van der Waals surface area contributed by atoms with Gasteiger partial charge in [-0.15, -0.1) is 0 Å². The predicted octanol–water partition coefficient (Wildman–Crippen LogP) is 4.20. The van der Waals surface area contributed by atoms with E-state index in [0.717, 1.165) is 13.1 Å². The molecule has 1 heterocycles. The van der Waals surface area contributed by atoms with Crippen LogP contribution >= 0.6 is 0 Å². The van der Waals surface area contributed by atoms with E-state index in [1.165, 1.54) is 11.3 Å². The lowest BCUT2D eigenvalue weighted by Gasteiger charge is -2.48. The lowest BCUT2D eigenvalue weighted by Crippen LogP contribution is -2.57. The molecule has 1 aromatic carbocycles. The molecule has 0 aliphatic carbocycles. The molecule has 0 N–H and O–H groups in total. The number of ether oxygens (including phenoxy) is 1. The maximum Gasteiger partial charge on any atom is 0.0808 e. The maximum absolute atomic E-state index is 6.15. The van der Waals surface area contributed by atoms with Crippen LogP contribution in [-0.4, -0.2) is 24.3 Å². The van der Waals surface area contributed by atoms with E-state index < -0.39 is 0 Å². The Morgan fingerprint density at radius 2 is 1.63 bits per heavy atom. The zero-order valence-electron chi connectivity index (χ0n) is 13.2. The first-order valence-corrected chi connectivity index (χ1v) is 7.24. The van der Waals surface area contributed by atoms with Crippen molar-refractivity contribution in [1.29, 1.82) is 0 Å². The topological polar surface area (TPSA) is 12.5 Å². The average Bonchev–Trinajstić information content (AvgIpc) is 2.25. The Morgan fingerprint density at radius 3 is 2.16 bits per heavy atom. The molecule has 2 nitrogen and oxygen atoms in total. The molecule has 1 aliphatic rings. The van der Waals surface area contributed by atoms with Crippen LogP contribution in [0.25, 0.3) is 0 Å². The van der Waals surface area contributed by atoms with Gasteiger partial charge in [0.2, 0.25) is 0 Å². The first-order valence-electron chi connectivity index (χ1n) is 7.24. The molecule has 1 fully saturated rings. The molecule has 2 heteroatoms. The van der Waals surface area contributed by atoms with E-state index in [2.05, 4.69) is 70.7 Å². The molecule has 19 heavy (non-hydrogen) atoms. The van der Waals surface area contributed by atoms with E-state index in [0.29, 0.717) is 5.92 Å². The minimum absolute atomic E-state index is 0.102. The monoisotopic (exact) mass is 261 g/mol. The zero-order valence-corrected chi connectivity index (χ0v) is 13.2. The summed E-state index contributed by atoms with van der Waals surface area (Å²) in [5.74, 6) is 0.571. The minimum Gasteiger partial charge on any atom is -0.366 e. The van der Waals surface area contributed by atoms with E-state index in [9.17, 15) is 0 Å². The summed E-state index contributed by atoms with van der Waals surface area (Å²) in [5.41, 5.74) is 2.51. The van der Waals surface area contributed by atoms with Crippen LogP contribution in [0.4, 0.5) is 5.69 Å². The van der Waals surface area contributed by atoms with Gasteiger partial charge in [-0.05, 0) is 51.3 Å². The van der Waals surface area contributed by atoms with Crippen LogP contribution in [0.1, 0.15) is 53.0 Å². The van der Waals surface area contributed by atoms with Crippen LogP contribution in [0.15, 0.2) is 24.3 Å². The summed E-state index contributed by atoms with van der Waals surface area (Å²) in [5, 5.41) is 0. The summed E-state index contributed by atoms with van der Waals surface area (Å²) >= 11 is 0. The fourth-order valence-corrected chi connectivity index (χ4v) is 3.05. The third-order valence-corrected chi connectivity index (χ3v) is 3.60. The van der Waals surface area contributed by atoms with Crippen molar-refractivity contribution in [3.8, 4) is 0 Å². The van der Waals surface area contributed by atoms with E-state index in [1.807, 2.05) is 0 Å². The fourth-order valence-electron chi connectivity index (χ4n) is 3.05. The van der Waals surface area contributed by atoms with Crippen molar-refractivity contribution in [3.05, 3.63) is 29.8 Å². The van der Waals surface area contributed by atoms with Crippen molar-refractivity contribution in [2.24, 2.45) is 0 Å². The summed E-state index contributed by atoms with van der Waals surface area (Å²) < 4.78 is 6.15. The van der Waals surface area contributed by atoms with Crippen molar-refractivity contribution in [1.82, 2.24) is 0 Å². The summed E-state index contributed by atoms with van der Waals surface area (Å²) in [6.07, 6.45) is 0. The molecule has 0 radical (unpaired) electrons. The second-order valence-electron chi connectivity index (χ2n) is 7.23. The van der Waals surface area contributed by atoms with Crippen molar-refractivity contribution in [2.75, 3.05) is 18.0 Å². The van der Waals surface area contributed by atoms with Crippen LogP contribution in [0.3, 0.4) is 0 Å². The van der Waals surface area contributed by atoms with Gasteiger partial charge in [0.25, 0.3) is 0 Å². The molecule has 106 valence electrons. The molecule has 0 saturated carbocycles. The third-order valence-electron chi connectivity index (χ3n) is 3.60. The molecule has 1 saturated heterocycles.